The van der Waals surface area contributed by atoms with Crippen LogP contribution in [0.4, 0.5) is 11.8 Å². The van der Waals surface area contributed by atoms with Gasteiger partial charge in [-0.05, 0) is 51.2 Å². The lowest BCUT2D eigenvalue weighted by atomic mass is 10.1. The normalized spacial score (nSPS) is 10.8. The number of aromatic nitrogens is 3. The fourth-order valence-corrected chi connectivity index (χ4v) is 2.30. The lowest BCUT2D eigenvalue weighted by Crippen LogP contribution is -2.17. The van der Waals surface area contributed by atoms with E-state index in [0.717, 1.165) is 43.3 Å². The molecule has 0 spiro atoms. The molecule has 124 valence electrons. The molecule has 0 unspecified atom stereocenters. The number of rotatable bonds is 9. The van der Waals surface area contributed by atoms with Crippen LogP contribution in [0.1, 0.15) is 12.0 Å². The number of benzene rings is 1. The van der Waals surface area contributed by atoms with E-state index in [1.165, 1.54) is 5.56 Å². The van der Waals surface area contributed by atoms with Crippen molar-refractivity contribution in [3.8, 4) is 0 Å². The molecule has 0 bridgehead atoms. The predicted molar refractivity (Wildman–Crippen MR) is 95.1 cm³/mol. The number of hydrogen-bond donors (Lipinski definition) is 2. The van der Waals surface area contributed by atoms with E-state index in [0.29, 0.717) is 5.95 Å². The third-order valence-corrected chi connectivity index (χ3v) is 3.47. The van der Waals surface area contributed by atoms with Gasteiger partial charge in [0.25, 0.3) is 0 Å². The molecule has 2 rings (SSSR count). The topological polar surface area (TPSA) is 66.0 Å². The average molecular weight is 335 g/mol. The molecule has 7 heteroatoms. The highest BCUT2D eigenvalue weighted by Crippen LogP contribution is 2.11. The van der Waals surface area contributed by atoms with E-state index in [4.69, 9.17) is 11.6 Å². The summed E-state index contributed by atoms with van der Waals surface area (Å²) in [6.45, 7) is 2.63. The van der Waals surface area contributed by atoms with Crippen molar-refractivity contribution in [1.29, 1.82) is 0 Å². The Hall–Kier alpha value is -1.92. The molecule has 1 heterocycles. The Labute approximate surface area is 142 Å². The first-order valence-electron chi connectivity index (χ1n) is 7.70. The Kier molecular flexibility index (Phi) is 7.03. The van der Waals surface area contributed by atoms with Gasteiger partial charge in [0.05, 0.1) is 6.20 Å². The molecular weight excluding hydrogens is 312 g/mol. The van der Waals surface area contributed by atoms with Crippen molar-refractivity contribution < 1.29 is 0 Å². The van der Waals surface area contributed by atoms with Gasteiger partial charge in [-0.2, -0.15) is 10.1 Å². The molecule has 0 aliphatic heterocycles. The predicted octanol–water partition coefficient (Wildman–Crippen LogP) is 2.54. The zero-order valence-corrected chi connectivity index (χ0v) is 14.3. The Balaban J connectivity index is 1.76. The summed E-state index contributed by atoms with van der Waals surface area (Å²) in [6, 6.07) is 7.84. The van der Waals surface area contributed by atoms with Crippen LogP contribution >= 0.6 is 11.6 Å². The van der Waals surface area contributed by atoms with E-state index in [1.54, 1.807) is 6.20 Å². The molecule has 1 aromatic carbocycles. The standard InChI is InChI=1S/C16H23ClN6/c1-23(2)10-4-8-18-15-12-20-22-16(21-15)19-9-7-13-5-3-6-14(17)11-13/h3,5-6,11-12H,4,7-10H2,1-2H3,(H2,18,19,21,22). The minimum atomic E-state index is 0.532. The van der Waals surface area contributed by atoms with Gasteiger partial charge in [0.1, 0.15) is 0 Å². The summed E-state index contributed by atoms with van der Waals surface area (Å²) in [6.07, 6.45) is 3.54. The SMILES string of the molecule is CN(C)CCCNc1cnnc(NCCc2cccc(Cl)c2)n1. The van der Waals surface area contributed by atoms with Gasteiger partial charge in [-0.25, -0.2) is 0 Å². The average Bonchev–Trinajstić information content (AvgIpc) is 2.52. The maximum atomic E-state index is 5.98. The van der Waals surface area contributed by atoms with Crippen LogP contribution in [0.5, 0.6) is 0 Å². The van der Waals surface area contributed by atoms with Crippen LogP contribution in [-0.4, -0.2) is 53.8 Å². The van der Waals surface area contributed by atoms with Crippen molar-refractivity contribution in [3.63, 3.8) is 0 Å². The van der Waals surface area contributed by atoms with Crippen molar-refractivity contribution >= 4 is 23.4 Å². The van der Waals surface area contributed by atoms with Gasteiger partial charge < -0.3 is 15.5 Å². The Bertz CT molecular complexity index is 605. The van der Waals surface area contributed by atoms with E-state index >= 15 is 0 Å². The molecule has 2 aromatic rings. The number of hydrogen-bond acceptors (Lipinski definition) is 6. The molecule has 0 amide bonds. The number of anilines is 2. The van der Waals surface area contributed by atoms with Crippen molar-refractivity contribution in [1.82, 2.24) is 20.1 Å². The summed E-state index contributed by atoms with van der Waals surface area (Å²) >= 11 is 5.98. The van der Waals surface area contributed by atoms with Gasteiger partial charge in [0.15, 0.2) is 5.82 Å². The summed E-state index contributed by atoms with van der Waals surface area (Å²) < 4.78 is 0. The van der Waals surface area contributed by atoms with Gasteiger partial charge in [-0.1, -0.05) is 23.7 Å². The van der Waals surface area contributed by atoms with Crippen LogP contribution in [0.25, 0.3) is 0 Å². The minimum Gasteiger partial charge on any atom is -0.369 e. The second kappa shape index (κ2) is 9.27. The van der Waals surface area contributed by atoms with Crippen molar-refractivity contribution in [3.05, 3.63) is 41.0 Å². The molecule has 2 N–H and O–H groups in total. The Morgan fingerprint density at radius 1 is 1.17 bits per heavy atom. The van der Waals surface area contributed by atoms with Crippen LogP contribution < -0.4 is 10.6 Å². The molecule has 0 fully saturated rings. The van der Waals surface area contributed by atoms with E-state index in [1.807, 2.05) is 18.2 Å². The van der Waals surface area contributed by atoms with Gasteiger partial charge >= 0.3 is 0 Å². The third kappa shape index (κ3) is 6.80. The maximum absolute atomic E-state index is 5.98. The Morgan fingerprint density at radius 3 is 2.83 bits per heavy atom. The summed E-state index contributed by atoms with van der Waals surface area (Å²) in [5.41, 5.74) is 1.18. The molecule has 1 aromatic heterocycles. The molecule has 0 aliphatic rings. The Morgan fingerprint density at radius 2 is 2.04 bits per heavy atom. The molecule has 0 aliphatic carbocycles. The van der Waals surface area contributed by atoms with Crippen LogP contribution in [0, 0.1) is 0 Å². The highest BCUT2D eigenvalue weighted by Gasteiger charge is 2.01. The van der Waals surface area contributed by atoms with Crippen LogP contribution in [-0.2, 0) is 6.42 Å². The van der Waals surface area contributed by atoms with Crippen LogP contribution in [0.2, 0.25) is 5.02 Å². The van der Waals surface area contributed by atoms with Crippen LogP contribution in [0.15, 0.2) is 30.5 Å². The third-order valence-electron chi connectivity index (χ3n) is 3.23. The van der Waals surface area contributed by atoms with Gasteiger partial charge in [0, 0.05) is 18.1 Å². The first-order chi connectivity index (χ1) is 11.1. The first kappa shape index (κ1) is 17.4. The first-order valence-corrected chi connectivity index (χ1v) is 8.08. The molecule has 0 saturated heterocycles. The second-order valence-corrected chi connectivity index (χ2v) is 5.99. The second-order valence-electron chi connectivity index (χ2n) is 5.56. The highest BCUT2D eigenvalue weighted by atomic mass is 35.5. The fourth-order valence-electron chi connectivity index (χ4n) is 2.09. The number of halogens is 1. The van der Waals surface area contributed by atoms with E-state index in [-0.39, 0.29) is 0 Å². The molecule has 0 atom stereocenters. The van der Waals surface area contributed by atoms with Gasteiger partial charge in [-0.3, -0.25) is 0 Å². The zero-order chi connectivity index (χ0) is 16.5. The summed E-state index contributed by atoms with van der Waals surface area (Å²) in [7, 11) is 4.13. The summed E-state index contributed by atoms with van der Waals surface area (Å²) in [5.74, 6) is 1.27. The molecule has 23 heavy (non-hydrogen) atoms. The fraction of sp³-hybridized carbons (Fsp3) is 0.438. The maximum Gasteiger partial charge on any atom is 0.244 e. The minimum absolute atomic E-state index is 0.532. The zero-order valence-electron chi connectivity index (χ0n) is 13.6. The molecular formula is C16H23ClN6. The van der Waals surface area contributed by atoms with Gasteiger partial charge in [-0.15, -0.1) is 5.10 Å². The quantitative estimate of drug-likeness (QED) is 0.687. The summed E-state index contributed by atoms with van der Waals surface area (Å²) in [4.78, 5) is 6.56. The lowest BCUT2D eigenvalue weighted by Gasteiger charge is -2.10. The number of nitrogens with one attached hydrogen (secondary N) is 2. The highest BCUT2D eigenvalue weighted by molar-refractivity contribution is 6.30. The smallest absolute Gasteiger partial charge is 0.244 e. The van der Waals surface area contributed by atoms with E-state index in [2.05, 4.69) is 50.9 Å². The van der Waals surface area contributed by atoms with Crippen molar-refractivity contribution in [2.45, 2.75) is 12.8 Å². The van der Waals surface area contributed by atoms with Crippen molar-refractivity contribution in [2.24, 2.45) is 0 Å². The van der Waals surface area contributed by atoms with Gasteiger partial charge in [0.2, 0.25) is 5.95 Å². The largest absolute Gasteiger partial charge is 0.369 e. The molecule has 0 saturated carbocycles. The van der Waals surface area contributed by atoms with Crippen molar-refractivity contribution in [2.75, 3.05) is 44.4 Å². The van der Waals surface area contributed by atoms with E-state index < -0.39 is 0 Å². The number of nitrogens with zero attached hydrogens (tertiary/aromatic N) is 4. The summed E-state index contributed by atoms with van der Waals surface area (Å²) in [5, 5.41) is 15.2. The van der Waals surface area contributed by atoms with E-state index in [9.17, 15) is 0 Å². The van der Waals surface area contributed by atoms with Crippen LogP contribution in [0.3, 0.4) is 0 Å². The lowest BCUT2D eigenvalue weighted by molar-refractivity contribution is 0.405. The monoisotopic (exact) mass is 334 g/mol. The molecule has 0 radical (unpaired) electrons. The molecule has 6 nitrogen and oxygen atoms in total.